The van der Waals surface area contributed by atoms with Crippen LogP contribution in [0.3, 0.4) is 0 Å². The maximum absolute atomic E-state index is 12.6. The van der Waals surface area contributed by atoms with Gasteiger partial charge in [0.2, 0.25) is 12.6 Å². The maximum atomic E-state index is 12.6. The van der Waals surface area contributed by atoms with E-state index in [2.05, 4.69) is 5.32 Å². The number of rotatable bonds is 5. The van der Waals surface area contributed by atoms with E-state index >= 15 is 0 Å². The third kappa shape index (κ3) is 3.19. The average Bonchev–Trinajstić information content (AvgIpc) is 3.36. The zero-order chi connectivity index (χ0) is 17.9. The van der Waals surface area contributed by atoms with Gasteiger partial charge in [-0.25, -0.2) is 0 Å². The molecular weight excluding hydrogens is 350 g/mol. The van der Waals surface area contributed by atoms with E-state index in [9.17, 15) is 9.59 Å². The van der Waals surface area contributed by atoms with Crippen LogP contribution < -0.4 is 14.8 Å². The molecule has 0 atom stereocenters. The minimum absolute atomic E-state index is 0.145. The Kier molecular flexibility index (Phi) is 4.41. The Bertz CT molecular complexity index is 966. The van der Waals surface area contributed by atoms with Gasteiger partial charge < -0.3 is 14.8 Å². The Morgan fingerprint density at radius 1 is 0.962 bits per heavy atom. The van der Waals surface area contributed by atoms with Crippen molar-refractivity contribution in [2.24, 2.45) is 0 Å². The van der Waals surface area contributed by atoms with Crippen molar-refractivity contribution >= 4 is 23.0 Å². The van der Waals surface area contributed by atoms with Crippen molar-refractivity contribution in [3.8, 4) is 11.5 Å². The molecule has 26 heavy (non-hydrogen) atoms. The van der Waals surface area contributed by atoms with Gasteiger partial charge in [-0.05, 0) is 35.2 Å². The van der Waals surface area contributed by atoms with Crippen LogP contribution >= 0.6 is 11.3 Å². The van der Waals surface area contributed by atoms with E-state index in [-0.39, 0.29) is 18.5 Å². The zero-order valence-corrected chi connectivity index (χ0v) is 14.5. The molecule has 2 aromatic carbocycles. The standard InChI is InChI=1S/C20H15NO4S/c22-19(18-6-3-9-26-18)14-4-1-2-5-15(14)20(23)21-11-13-7-8-16-17(10-13)25-12-24-16/h1-10H,11-12H2,(H,21,23). The fourth-order valence-corrected chi connectivity index (χ4v) is 3.43. The number of hydrogen-bond donors (Lipinski definition) is 1. The lowest BCUT2D eigenvalue weighted by Crippen LogP contribution is -2.25. The SMILES string of the molecule is O=C(NCc1ccc2c(c1)OCO2)c1ccccc1C(=O)c1cccs1. The number of thiophene rings is 1. The maximum Gasteiger partial charge on any atom is 0.252 e. The van der Waals surface area contributed by atoms with Crippen LogP contribution in [0.1, 0.15) is 31.2 Å². The molecule has 5 nitrogen and oxygen atoms in total. The Morgan fingerprint density at radius 3 is 2.58 bits per heavy atom. The molecule has 1 aliphatic rings. The molecule has 6 heteroatoms. The highest BCUT2D eigenvalue weighted by Crippen LogP contribution is 2.32. The predicted octanol–water partition coefficient (Wildman–Crippen LogP) is 3.64. The van der Waals surface area contributed by atoms with Gasteiger partial charge in [-0.15, -0.1) is 11.3 Å². The van der Waals surface area contributed by atoms with Crippen LogP contribution in [0.25, 0.3) is 0 Å². The van der Waals surface area contributed by atoms with E-state index in [0.29, 0.717) is 34.0 Å². The molecule has 0 bridgehead atoms. The van der Waals surface area contributed by atoms with Gasteiger partial charge in [-0.1, -0.05) is 30.3 Å². The largest absolute Gasteiger partial charge is 0.454 e. The van der Waals surface area contributed by atoms with Crippen molar-refractivity contribution in [1.82, 2.24) is 5.32 Å². The summed E-state index contributed by atoms with van der Waals surface area (Å²) in [6.45, 7) is 0.542. The van der Waals surface area contributed by atoms with Gasteiger partial charge in [0.25, 0.3) is 5.91 Å². The number of benzene rings is 2. The third-order valence-corrected chi connectivity index (χ3v) is 4.92. The van der Waals surface area contributed by atoms with E-state index in [4.69, 9.17) is 9.47 Å². The fourth-order valence-electron chi connectivity index (χ4n) is 2.75. The van der Waals surface area contributed by atoms with Crippen LogP contribution in [-0.2, 0) is 6.54 Å². The monoisotopic (exact) mass is 365 g/mol. The van der Waals surface area contributed by atoms with Crippen LogP contribution in [-0.4, -0.2) is 18.5 Å². The number of fused-ring (bicyclic) bond motifs is 1. The molecule has 1 N–H and O–H groups in total. The Labute approximate surface area is 154 Å². The number of ether oxygens (including phenoxy) is 2. The number of carbonyl (C=O) groups is 2. The van der Waals surface area contributed by atoms with E-state index in [1.54, 1.807) is 30.3 Å². The molecule has 0 radical (unpaired) electrons. The smallest absolute Gasteiger partial charge is 0.252 e. The van der Waals surface area contributed by atoms with Crippen LogP contribution in [0.15, 0.2) is 60.0 Å². The summed E-state index contributed by atoms with van der Waals surface area (Å²) >= 11 is 1.36. The molecule has 0 spiro atoms. The van der Waals surface area contributed by atoms with E-state index in [1.165, 1.54) is 11.3 Å². The summed E-state index contributed by atoms with van der Waals surface area (Å²) in [5.41, 5.74) is 1.66. The van der Waals surface area contributed by atoms with Crippen molar-refractivity contribution in [2.75, 3.05) is 6.79 Å². The van der Waals surface area contributed by atoms with Gasteiger partial charge in [-0.3, -0.25) is 9.59 Å². The summed E-state index contributed by atoms with van der Waals surface area (Å²) in [5.74, 6) is 0.939. The lowest BCUT2D eigenvalue weighted by Gasteiger charge is -2.09. The number of amides is 1. The molecule has 0 aliphatic carbocycles. The lowest BCUT2D eigenvalue weighted by molar-refractivity contribution is 0.0940. The number of hydrogen-bond acceptors (Lipinski definition) is 5. The Hall–Kier alpha value is -3.12. The molecule has 130 valence electrons. The second-order valence-corrected chi connectivity index (χ2v) is 6.67. The molecule has 3 aromatic rings. The second kappa shape index (κ2) is 7.01. The highest BCUT2D eigenvalue weighted by atomic mass is 32.1. The van der Waals surface area contributed by atoms with Crippen LogP contribution in [0.2, 0.25) is 0 Å². The second-order valence-electron chi connectivity index (χ2n) is 5.72. The first-order valence-electron chi connectivity index (χ1n) is 8.06. The Morgan fingerprint density at radius 2 is 1.77 bits per heavy atom. The van der Waals surface area contributed by atoms with Crippen LogP contribution in [0.5, 0.6) is 11.5 Å². The Balaban J connectivity index is 1.51. The highest BCUT2D eigenvalue weighted by molar-refractivity contribution is 7.12. The molecule has 2 heterocycles. The molecule has 1 amide bonds. The summed E-state index contributed by atoms with van der Waals surface area (Å²) < 4.78 is 10.6. The van der Waals surface area contributed by atoms with Crippen LogP contribution in [0.4, 0.5) is 0 Å². The topological polar surface area (TPSA) is 64.6 Å². The van der Waals surface area contributed by atoms with E-state index in [1.807, 2.05) is 29.6 Å². The molecule has 0 saturated heterocycles. The van der Waals surface area contributed by atoms with E-state index in [0.717, 1.165) is 5.56 Å². The molecule has 1 aliphatic heterocycles. The summed E-state index contributed by atoms with van der Waals surface area (Å²) in [6.07, 6.45) is 0. The van der Waals surface area contributed by atoms with Gasteiger partial charge in [0.05, 0.1) is 10.4 Å². The first kappa shape index (κ1) is 16.4. The normalized spacial score (nSPS) is 12.0. The van der Waals surface area contributed by atoms with Crippen molar-refractivity contribution in [1.29, 1.82) is 0 Å². The highest BCUT2D eigenvalue weighted by Gasteiger charge is 2.19. The molecule has 0 unspecified atom stereocenters. The lowest BCUT2D eigenvalue weighted by atomic mass is 10.0. The van der Waals surface area contributed by atoms with Crippen molar-refractivity contribution in [3.05, 3.63) is 81.5 Å². The van der Waals surface area contributed by atoms with Gasteiger partial charge in [0.1, 0.15) is 0 Å². The first-order chi connectivity index (χ1) is 12.7. The molecule has 0 saturated carbocycles. The number of nitrogens with one attached hydrogen (secondary N) is 1. The number of carbonyl (C=O) groups excluding carboxylic acids is 2. The summed E-state index contributed by atoms with van der Waals surface area (Å²) in [7, 11) is 0. The predicted molar refractivity (Wildman–Crippen MR) is 97.9 cm³/mol. The fraction of sp³-hybridized carbons (Fsp3) is 0.100. The number of ketones is 1. The average molecular weight is 365 g/mol. The summed E-state index contributed by atoms with van der Waals surface area (Å²) in [6, 6.07) is 16.0. The summed E-state index contributed by atoms with van der Waals surface area (Å²) in [5, 5.41) is 4.71. The third-order valence-electron chi connectivity index (χ3n) is 4.05. The quantitative estimate of drug-likeness (QED) is 0.701. The molecule has 4 rings (SSSR count). The van der Waals surface area contributed by atoms with Gasteiger partial charge in [0.15, 0.2) is 11.5 Å². The zero-order valence-electron chi connectivity index (χ0n) is 13.7. The first-order valence-corrected chi connectivity index (χ1v) is 8.94. The molecular formula is C20H15NO4S. The van der Waals surface area contributed by atoms with Gasteiger partial charge >= 0.3 is 0 Å². The van der Waals surface area contributed by atoms with E-state index < -0.39 is 0 Å². The summed E-state index contributed by atoms with van der Waals surface area (Å²) in [4.78, 5) is 25.9. The van der Waals surface area contributed by atoms with Gasteiger partial charge in [-0.2, -0.15) is 0 Å². The van der Waals surface area contributed by atoms with Crippen molar-refractivity contribution < 1.29 is 19.1 Å². The minimum Gasteiger partial charge on any atom is -0.454 e. The minimum atomic E-state index is -0.289. The van der Waals surface area contributed by atoms with Crippen LogP contribution in [0, 0.1) is 0 Å². The van der Waals surface area contributed by atoms with Gasteiger partial charge in [0, 0.05) is 12.1 Å². The van der Waals surface area contributed by atoms with Crippen molar-refractivity contribution in [2.45, 2.75) is 6.54 Å². The van der Waals surface area contributed by atoms with Crippen molar-refractivity contribution in [3.63, 3.8) is 0 Å². The molecule has 1 aromatic heterocycles. The molecule has 0 fully saturated rings.